The van der Waals surface area contributed by atoms with Crippen LogP contribution in [0.2, 0.25) is 5.02 Å². The predicted molar refractivity (Wildman–Crippen MR) is 97.2 cm³/mol. The van der Waals surface area contributed by atoms with Gasteiger partial charge in [0.2, 0.25) is 5.91 Å². The Bertz CT molecular complexity index is 939. The molecule has 5 nitrogen and oxygen atoms in total. The summed E-state index contributed by atoms with van der Waals surface area (Å²) in [7, 11) is 0. The van der Waals surface area contributed by atoms with Crippen LogP contribution >= 0.6 is 11.6 Å². The Kier molecular flexibility index (Phi) is 4.95. The number of aryl methyl sites for hydroxylation is 1. The summed E-state index contributed by atoms with van der Waals surface area (Å²) >= 11 is 5.82. The summed E-state index contributed by atoms with van der Waals surface area (Å²) in [6.45, 7) is 1.82. The molecule has 0 saturated heterocycles. The van der Waals surface area contributed by atoms with Gasteiger partial charge in [0, 0.05) is 16.1 Å². The first kappa shape index (κ1) is 16.9. The molecule has 2 N–H and O–H groups in total. The molecule has 0 radical (unpaired) electrons. The van der Waals surface area contributed by atoms with Gasteiger partial charge < -0.3 is 0 Å². The van der Waals surface area contributed by atoms with Crippen molar-refractivity contribution in [1.82, 2.24) is 15.8 Å². The van der Waals surface area contributed by atoms with Gasteiger partial charge >= 0.3 is 0 Å². The van der Waals surface area contributed by atoms with Gasteiger partial charge in [-0.25, -0.2) is 0 Å². The molecule has 0 aliphatic rings. The number of para-hydroxylation sites is 1. The third-order valence-electron chi connectivity index (χ3n) is 3.68. The summed E-state index contributed by atoms with van der Waals surface area (Å²) in [6.07, 6.45) is 0.146. The van der Waals surface area contributed by atoms with Gasteiger partial charge in [0.05, 0.1) is 17.5 Å². The van der Waals surface area contributed by atoms with Gasteiger partial charge in [0.1, 0.15) is 0 Å². The van der Waals surface area contributed by atoms with Crippen molar-refractivity contribution >= 4 is 34.3 Å². The van der Waals surface area contributed by atoms with Crippen LogP contribution in [0, 0.1) is 6.92 Å². The molecule has 25 heavy (non-hydrogen) atoms. The van der Waals surface area contributed by atoms with Crippen LogP contribution in [0.5, 0.6) is 0 Å². The number of fused-ring (bicyclic) bond motifs is 1. The second-order valence-electron chi connectivity index (χ2n) is 5.63. The fourth-order valence-electron chi connectivity index (χ4n) is 2.52. The van der Waals surface area contributed by atoms with E-state index >= 15 is 0 Å². The van der Waals surface area contributed by atoms with E-state index in [-0.39, 0.29) is 18.2 Å². The highest BCUT2D eigenvalue weighted by atomic mass is 35.5. The van der Waals surface area contributed by atoms with Gasteiger partial charge in [-0.05, 0) is 36.8 Å². The topological polar surface area (TPSA) is 71.1 Å². The van der Waals surface area contributed by atoms with Crippen LogP contribution in [-0.2, 0) is 11.2 Å². The zero-order chi connectivity index (χ0) is 17.8. The smallest absolute Gasteiger partial charge is 0.270 e. The van der Waals surface area contributed by atoms with E-state index in [2.05, 4.69) is 15.8 Å². The number of aromatic nitrogens is 1. The SMILES string of the molecule is Cc1cc(C(=O)NNC(=O)Cc2ccc(Cl)cc2)c2ccccc2n1. The lowest BCUT2D eigenvalue weighted by Crippen LogP contribution is -2.42. The highest BCUT2D eigenvalue weighted by Crippen LogP contribution is 2.18. The molecule has 2 aromatic carbocycles. The summed E-state index contributed by atoms with van der Waals surface area (Å²) in [5.41, 5.74) is 7.64. The predicted octanol–water partition coefficient (Wildman–Crippen LogP) is 3.20. The zero-order valence-electron chi connectivity index (χ0n) is 13.5. The van der Waals surface area contributed by atoms with Gasteiger partial charge in [-0.2, -0.15) is 0 Å². The standard InChI is InChI=1S/C19H16ClN3O2/c1-12-10-16(15-4-2-3-5-17(15)21-12)19(25)23-22-18(24)11-13-6-8-14(20)9-7-13/h2-10H,11H2,1H3,(H,22,24)(H,23,25). The number of halogens is 1. The fourth-order valence-corrected chi connectivity index (χ4v) is 2.65. The third kappa shape index (κ3) is 4.14. The molecule has 1 aromatic heterocycles. The van der Waals surface area contributed by atoms with E-state index < -0.39 is 0 Å². The summed E-state index contributed by atoms with van der Waals surface area (Å²) in [5.74, 6) is -0.697. The molecule has 3 aromatic rings. The highest BCUT2D eigenvalue weighted by molar-refractivity contribution is 6.30. The second-order valence-corrected chi connectivity index (χ2v) is 6.07. The summed E-state index contributed by atoms with van der Waals surface area (Å²) in [6, 6.07) is 16.0. The number of nitrogens with zero attached hydrogens (tertiary/aromatic N) is 1. The normalized spacial score (nSPS) is 10.5. The monoisotopic (exact) mass is 353 g/mol. The minimum atomic E-state index is -0.383. The average molecular weight is 354 g/mol. The molecular weight excluding hydrogens is 338 g/mol. The van der Waals surface area contributed by atoms with E-state index in [1.54, 1.807) is 30.3 Å². The van der Waals surface area contributed by atoms with Crippen molar-refractivity contribution < 1.29 is 9.59 Å². The molecule has 1 heterocycles. The lowest BCUT2D eigenvalue weighted by atomic mass is 10.1. The Morgan fingerprint density at radius 2 is 1.76 bits per heavy atom. The Morgan fingerprint density at radius 3 is 2.52 bits per heavy atom. The molecule has 3 rings (SSSR count). The number of carbonyl (C=O) groups is 2. The summed E-state index contributed by atoms with van der Waals surface area (Å²) in [5, 5.41) is 1.34. The number of carbonyl (C=O) groups excluding carboxylic acids is 2. The number of hydrogen-bond donors (Lipinski definition) is 2. The first-order valence-electron chi connectivity index (χ1n) is 7.73. The molecule has 6 heteroatoms. The van der Waals surface area contributed by atoms with E-state index in [1.165, 1.54) is 0 Å². The maximum atomic E-state index is 12.4. The van der Waals surface area contributed by atoms with Crippen molar-refractivity contribution in [2.45, 2.75) is 13.3 Å². The van der Waals surface area contributed by atoms with E-state index in [0.717, 1.165) is 22.2 Å². The van der Waals surface area contributed by atoms with Crippen molar-refractivity contribution in [1.29, 1.82) is 0 Å². The summed E-state index contributed by atoms with van der Waals surface area (Å²) in [4.78, 5) is 28.8. The van der Waals surface area contributed by atoms with E-state index in [9.17, 15) is 9.59 Å². The zero-order valence-corrected chi connectivity index (χ0v) is 14.3. The number of pyridine rings is 1. The van der Waals surface area contributed by atoms with Crippen molar-refractivity contribution in [3.8, 4) is 0 Å². The highest BCUT2D eigenvalue weighted by Gasteiger charge is 2.13. The number of rotatable bonds is 3. The van der Waals surface area contributed by atoms with E-state index in [0.29, 0.717) is 10.6 Å². The van der Waals surface area contributed by atoms with Crippen molar-refractivity contribution in [3.05, 3.63) is 76.4 Å². The van der Waals surface area contributed by atoms with Crippen molar-refractivity contribution in [2.75, 3.05) is 0 Å². The quantitative estimate of drug-likeness (QED) is 0.710. The van der Waals surface area contributed by atoms with Crippen LogP contribution in [-0.4, -0.2) is 16.8 Å². The molecule has 2 amide bonds. The molecule has 126 valence electrons. The van der Waals surface area contributed by atoms with Gasteiger partial charge in [-0.3, -0.25) is 25.4 Å². The maximum absolute atomic E-state index is 12.4. The van der Waals surface area contributed by atoms with Crippen LogP contribution < -0.4 is 10.9 Å². The first-order chi connectivity index (χ1) is 12.0. The Morgan fingerprint density at radius 1 is 1.04 bits per heavy atom. The molecule has 0 unspecified atom stereocenters. The second kappa shape index (κ2) is 7.32. The van der Waals surface area contributed by atoms with E-state index in [1.807, 2.05) is 31.2 Å². The number of benzene rings is 2. The number of nitrogens with one attached hydrogen (secondary N) is 2. The van der Waals surface area contributed by atoms with Crippen LogP contribution in [0.25, 0.3) is 10.9 Å². The van der Waals surface area contributed by atoms with Crippen LogP contribution in [0.1, 0.15) is 21.6 Å². The van der Waals surface area contributed by atoms with Gasteiger partial charge in [-0.1, -0.05) is 41.9 Å². The molecule has 0 spiro atoms. The Balaban J connectivity index is 1.68. The van der Waals surface area contributed by atoms with E-state index in [4.69, 9.17) is 11.6 Å². The minimum Gasteiger partial charge on any atom is -0.273 e. The molecule has 0 bridgehead atoms. The van der Waals surface area contributed by atoms with Gasteiger partial charge in [0.15, 0.2) is 0 Å². The third-order valence-corrected chi connectivity index (χ3v) is 3.93. The number of hydrazine groups is 1. The maximum Gasteiger partial charge on any atom is 0.270 e. The number of amides is 2. The van der Waals surface area contributed by atoms with Crippen molar-refractivity contribution in [2.24, 2.45) is 0 Å². The molecule has 0 aliphatic carbocycles. The van der Waals surface area contributed by atoms with Gasteiger partial charge in [0.25, 0.3) is 5.91 Å². The van der Waals surface area contributed by atoms with Crippen LogP contribution in [0.3, 0.4) is 0 Å². The molecule has 0 atom stereocenters. The molecule has 0 saturated carbocycles. The largest absolute Gasteiger partial charge is 0.273 e. The van der Waals surface area contributed by atoms with Crippen LogP contribution in [0.4, 0.5) is 0 Å². The lowest BCUT2D eigenvalue weighted by Gasteiger charge is -2.10. The first-order valence-corrected chi connectivity index (χ1v) is 8.11. The lowest BCUT2D eigenvalue weighted by molar-refractivity contribution is -0.121. The van der Waals surface area contributed by atoms with Crippen LogP contribution in [0.15, 0.2) is 54.6 Å². The average Bonchev–Trinajstić information content (AvgIpc) is 2.61. The Hall–Kier alpha value is -2.92. The Labute approximate surface area is 150 Å². The van der Waals surface area contributed by atoms with Crippen molar-refractivity contribution in [3.63, 3.8) is 0 Å². The van der Waals surface area contributed by atoms with Gasteiger partial charge in [-0.15, -0.1) is 0 Å². The minimum absolute atomic E-state index is 0.146. The molecule has 0 fully saturated rings. The molecule has 0 aliphatic heterocycles. The summed E-state index contributed by atoms with van der Waals surface area (Å²) < 4.78 is 0. The fraction of sp³-hybridized carbons (Fsp3) is 0.105. The number of hydrogen-bond acceptors (Lipinski definition) is 3. The molecular formula is C19H16ClN3O2.